The highest BCUT2D eigenvalue weighted by molar-refractivity contribution is 8.02. The van der Waals surface area contributed by atoms with E-state index in [9.17, 15) is 17.6 Å². The third-order valence-corrected chi connectivity index (χ3v) is 8.56. The molecule has 1 amide bonds. The van der Waals surface area contributed by atoms with Crippen LogP contribution in [0, 0.1) is 5.82 Å². The maximum absolute atomic E-state index is 13.2. The SMILES string of the molecule is O=C(CSC1CCS(=O)(=O)C1)NCC1(c2ccc(F)cc2)CCCC1. The summed E-state index contributed by atoms with van der Waals surface area (Å²) in [6.45, 7) is 0.557. The second kappa shape index (κ2) is 7.66. The Morgan fingerprint density at radius 3 is 2.52 bits per heavy atom. The summed E-state index contributed by atoms with van der Waals surface area (Å²) >= 11 is 1.43. The van der Waals surface area contributed by atoms with Gasteiger partial charge >= 0.3 is 0 Å². The van der Waals surface area contributed by atoms with Crippen molar-refractivity contribution in [2.75, 3.05) is 23.8 Å². The van der Waals surface area contributed by atoms with Crippen molar-refractivity contribution in [1.82, 2.24) is 5.32 Å². The summed E-state index contributed by atoms with van der Waals surface area (Å²) in [5, 5.41) is 3.06. The van der Waals surface area contributed by atoms with E-state index in [1.54, 1.807) is 0 Å². The van der Waals surface area contributed by atoms with Gasteiger partial charge in [-0.05, 0) is 37.0 Å². The minimum Gasteiger partial charge on any atom is -0.354 e. The van der Waals surface area contributed by atoms with Crippen LogP contribution in [0.2, 0.25) is 0 Å². The van der Waals surface area contributed by atoms with Crippen LogP contribution in [0.3, 0.4) is 0 Å². The van der Waals surface area contributed by atoms with Gasteiger partial charge in [0.05, 0.1) is 17.3 Å². The molecular formula is C18H24FNO3S2. The molecule has 0 radical (unpaired) electrons. The van der Waals surface area contributed by atoms with Crippen LogP contribution in [-0.4, -0.2) is 43.4 Å². The molecule has 4 nitrogen and oxygen atoms in total. The molecule has 1 saturated carbocycles. The van der Waals surface area contributed by atoms with Crippen LogP contribution in [0.4, 0.5) is 4.39 Å². The molecule has 0 bridgehead atoms. The molecule has 138 valence electrons. The molecule has 1 aromatic rings. The zero-order valence-corrected chi connectivity index (χ0v) is 15.8. The van der Waals surface area contributed by atoms with Gasteiger partial charge in [0.25, 0.3) is 0 Å². The van der Waals surface area contributed by atoms with Crippen molar-refractivity contribution in [3.8, 4) is 0 Å². The van der Waals surface area contributed by atoms with Crippen LogP contribution in [0.5, 0.6) is 0 Å². The summed E-state index contributed by atoms with van der Waals surface area (Å²) in [5.74, 6) is 0.413. The number of hydrogen-bond donors (Lipinski definition) is 1. The van der Waals surface area contributed by atoms with Crippen LogP contribution in [-0.2, 0) is 20.0 Å². The van der Waals surface area contributed by atoms with Crippen molar-refractivity contribution in [2.45, 2.75) is 42.8 Å². The van der Waals surface area contributed by atoms with Gasteiger partial charge in [-0.15, -0.1) is 11.8 Å². The third kappa shape index (κ3) is 4.76. The molecule has 3 rings (SSSR count). The van der Waals surface area contributed by atoms with Gasteiger partial charge < -0.3 is 5.32 Å². The van der Waals surface area contributed by atoms with Crippen LogP contribution in [0.25, 0.3) is 0 Å². The fraction of sp³-hybridized carbons (Fsp3) is 0.611. The zero-order valence-electron chi connectivity index (χ0n) is 14.2. The van der Waals surface area contributed by atoms with E-state index in [1.807, 2.05) is 12.1 Å². The third-order valence-electron chi connectivity index (χ3n) is 5.28. The fourth-order valence-corrected chi connectivity index (χ4v) is 7.30. The molecule has 2 fully saturated rings. The zero-order chi connectivity index (χ0) is 17.9. The smallest absolute Gasteiger partial charge is 0.230 e. The van der Waals surface area contributed by atoms with Gasteiger partial charge in [0.15, 0.2) is 9.84 Å². The number of benzene rings is 1. The molecule has 2 aliphatic rings. The molecule has 7 heteroatoms. The molecule has 0 aromatic heterocycles. The Balaban J connectivity index is 1.53. The molecule has 1 N–H and O–H groups in total. The van der Waals surface area contributed by atoms with Crippen LogP contribution in [0.15, 0.2) is 24.3 Å². The second-order valence-corrected chi connectivity index (χ2v) is 10.6. The monoisotopic (exact) mass is 385 g/mol. The number of sulfone groups is 1. The predicted octanol–water partition coefficient (Wildman–Crippen LogP) is 2.67. The topological polar surface area (TPSA) is 63.2 Å². The average Bonchev–Trinajstić information content (AvgIpc) is 3.19. The highest BCUT2D eigenvalue weighted by atomic mass is 32.2. The number of carbonyl (C=O) groups excluding carboxylic acids is 1. The first kappa shape index (κ1) is 18.7. The Labute approximate surface area is 152 Å². The maximum atomic E-state index is 13.2. The Bertz CT molecular complexity index is 712. The summed E-state index contributed by atoms with van der Waals surface area (Å²) in [4.78, 5) is 12.2. The minimum absolute atomic E-state index is 0.0355. The molecule has 0 spiro atoms. The maximum Gasteiger partial charge on any atom is 0.230 e. The number of thioether (sulfide) groups is 1. The van der Waals surface area contributed by atoms with Crippen molar-refractivity contribution in [2.24, 2.45) is 0 Å². The molecule has 1 aliphatic carbocycles. The van der Waals surface area contributed by atoms with Gasteiger partial charge in [0.1, 0.15) is 5.82 Å². The fourth-order valence-electron chi connectivity index (χ4n) is 3.83. The normalized spacial score (nSPS) is 24.3. The lowest BCUT2D eigenvalue weighted by atomic mass is 9.79. The van der Waals surface area contributed by atoms with E-state index in [0.717, 1.165) is 31.2 Å². The Morgan fingerprint density at radius 1 is 1.24 bits per heavy atom. The molecule has 1 aliphatic heterocycles. The van der Waals surface area contributed by atoms with E-state index in [1.165, 1.54) is 23.9 Å². The standard InChI is InChI=1S/C18H24FNO3S2/c19-15-5-3-14(4-6-15)18(8-1-2-9-18)13-20-17(21)11-24-16-7-10-25(22,23)12-16/h3-6,16H,1-2,7-13H2,(H,20,21). The van der Waals surface area contributed by atoms with Crippen molar-refractivity contribution < 1.29 is 17.6 Å². The first-order valence-corrected chi connectivity index (χ1v) is 11.6. The summed E-state index contributed by atoms with van der Waals surface area (Å²) in [5.41, 5.74) is 0.978. The Kier molecular flexibility index (Phi) is 5.73. The van der Waals surface area contributed by atoms with Gasteiger partial charge in [-0.3, -0.25) is 4.79 Å². The van der Waals surface area contributed by atoms with Crippen molar-refractivity contribution in [1.29, 1.82) is 0 Å². The minimum atomic E-state index is -2.90. The van der Waals surface area contributed by atoms with Gasteiger partial charge in [0.2, 0.25) is 5.91 Å². The van der Waals surface area contributed by atoms with Gasteiger partial charge in [-0.25, -0.2) is 12.8 Å². The van der Waals surface area contributed by atoms with E-state index in [4.69, 9.17) is 0 Å². The Hall–Kier alpha value is -1.08. The van der Waals surface area contributed by atoms with E-state index < -0.39 is 9.84 Å². The number of hydrogen-bond acceptors (Lipinski definition) is 4. The first-order valence-electron chi connectivity index (χ1n) is 8.73. The van der Waals surface area contributed by atoms with E-state index in [-0.39, 0.29) is 33.9 Å². The van der Waals surface area contributed by atoms with Gasteiger partial charge in [-0.1, -0.05) is 25.0 Å². The molecular weight excluding hydrogens is 361 g/mol. The average molecular weight is 386 g/mol. The lowest BCUT2D eigenvalue weighted by molar-refractivity contribution is -0.118. The van der Waals surface area contributed by atoms with Gasteiger partial charge in [0, 0.05) is 17.2 Å². The first-order chi connectivity index (χ1) is 11.9. The summed E-state index contributed by atoms with van der Waals surface area (Å²) in [6, 6.07) is 6.61. The number of halogens is 1. The number of rotatable bonds is 6. The Morgan fingerprint density at radius 2 is 1.92 bits per heavy atom. The summed E-state index contributed by atoms with van der Waals surface area (Å²) in [6.07, 6.45) is 4.85. The number of amides is 1. The molecule has 1 aromatic carbocycles. The highest BCUT2D eigenvalue weighted by Gasteiger charge is 2.36. The number of nitrogens with one attached hydrogen (secondary N) is 1. The van der Waals surface area contributed by atoms with E-state index in [0.29, 0.717) is 18.7 Å². The molecule has 25 heavy (non-hydrogen) atoms. The van der Waals surface area contributed by atoms with Crippen molar-refractivity contribution >= 4 is 27.5 Å². The van der Waals surface area contributed by atoms with E-state index >= 15 is 0 Å². The molecule has 1 atom stereocenters. The van der Waals surface area contributed by atoms with Crippen molar-refractivity contribution in [3.63, 3.8) is 0 Å². The molecule has 1 saturated heterocycles. The van der Waals surface area contributed by atoms with E-state index in [2.05, 4.69) is 5.32 Å². The lowest BCUT2D eigenvalue weighted by Gasteiger charge is -2.30. The van der Waals surface area contributed by atoms with Crippen molar-refractivity contribution in [3.05, 3.63) is 35.6 Å². The quantitative estimate of drug-likeness (QED) is 0.818. The summed E-state index contributed by atoms with van der Waals surface area (Å²) < 4.78 is 36.1. The number of carbonyl (C=O) groups is 1. The highest BCUT2D eigenvalue weighted by Crippen LogP contribution is 2.40. The van der Waals surface area contributed by atoms with Crippen LogP contribution < -0.4 is 5.32 Å². The summed E-state index contributed by atoms with van der Waals surface area (Å²) in [7, 11) is -2.90. The van der Waals surface area contributed by atoms with Gasteiger partial charge in [-0.2, -0.15) is 0 Å². The van der Waals surface area contributed by atoms with Crippen LogP contribution >= 0.6 is 11.8 Å². The molecule has 1 unspecified atom stereocenters. The predicted molar refractivity (Wildman–Crippen MR) is 99.1 cm³/mol. The molecule has 1 heterocycles. The second-order valence-electron chi connectivity index (χ2n) is 7.11. The lowest BCUT2D eigenvalue weighted by Crippen LogP contribution is -2.40. The largest absolute Gasteiger partial charge is 0.354 e. The van der Waals surface area contributed by atoms with Crippen LogP contribution in [0.1, 0.15) is 37.7 Å².